The predicted molar refractivity (Wildman–Crippen MR) is 115 cm³/mol. The van der Waals surface area contributed by atoms with Gasteiger partial charge in [0.05, 0.1) is 18.2 Å². The maximum atomic E-state index is 13.0. The molecule has 5 rings (SSSR count). The van der Waals surface area contributed by atoms with E-state index in [1.807, 2.05) is 47.1 Å². The van der Waals surface area contributed by atoms with Gasteiger partial charge in [-0.1, -0.05) is 30.3 Å². The summed E-state index contributed by atoms with van der Waals surface area (Å²) >= 11 is 0. The van der Waals surface area contributed by atoms with Crippen LogP contribution in [0.1, 0.15) is 60.7 Å². The molecule has 2 amide bonds. The molecule has 2 atom stereocenters. The number of hydrogen-bond acceptors (Lipinski definition) is 4. The van der Waals surface area contributed by atoms with Gasteiger partial charge in [0.15, 0.2) is 0 Å². The molecule has 2 fully saturated rings. The molecule has 0 radical (unpaired) electrons. The van der Waals surface area contributed by atoms with Crippen LogP contribution in [0.3, 0.4) is 0 Å². The molecule has 2 aromatic rings. The predicted octanol–water partition coefficient (Wildman–Crippen LogP) is 2.18. The van der Waals surface area contributed by atoms with Gasteiger partial charge in [0.25, 0.3) is 5.56 Å². The topological polar surface area (TPSA) is 86.4 Å². The minimum Gasteiger partial charge on any atom is -0.341 e. The van der Waals surface area contributed by atoms with E-state index in [9.17, 15) is 14.4 Å². The van der Waals surface area contributed by atoms with Crippen LogP contribution in [-0.2, 0) is 22.6 Å². The van der Waals surface area contributed by atoms with Gasteiger partial charge in [0, 0.05) is 37.0 Å². The summed E-state index contributed by atoms with van der Waals surface area (Å²) in [4.78, 5) is 49.6. The molecule has 7 heteroatoms. The second-order valence-electron chi connectivity index (χ2n) is 9.06. The SMILES string of the molecule is C[C@H](C(=O)N1CC[C@@H](c2nc3c(c(=O)[nH]2)CCN(C(=O)C2CC2)C3)C1)c1ccccc1. The number of likely N-dealkylation sites (tertiary alicyclic amines) is 1. The summed E-state index contributed by atoms with van der Waals surface area (Å²) in [6, 6.07) is 9.81. The second kappa shape index (κ2) is 7.94. The molecule has 1 N–H and O–H groups in total. The Kier molecular flexibility index (Phi) is 5.12. The standard InChI is InChI=1S/C24H28N4O3/c1-15(16-5-3-2-4-6-16)23(30)27-11-9-18(13-27)21-25-20-14-28(24(31)17-7-8-17)12-10-19(20)22(29)26-21/h2-6,15,17-18H,7-14H2,1H3,(H,25,26,29)/t15-,18+/m0/s1. The summed E-state index contributed by atoms with van der Waals surface area (Å²) in [5.74, 6) is 0.935. The zero-order chi connectivity index (χ0) is 21.5. The van der Waals surface area contributed by atoms with Crippen molar-refractivity contribution in [2.45, 2.75) is 51.0 Å². The molecule has 1 aromatic carbocycles. The molecule has 0 bridgehead atoms. The van der Waals surface area contributed by atoms with Crippen molar-refractivity contribution in [3.8, 4) is 0 Å². The van der Waals surface area contributed by atoms with Gasteiger partial charge in [-0.2, -0.15) is 0 Å². The number of hydrogen-bond donors (Lipinski definition) is 1. The lowest BCUT2D eigenvalue weighted by Gasteiger charge is -2.28. The summed E-state index contributed by atoms with van der Waals surface area (Å²) < 4.78 is 0. The molecule has 31 heavy (non-hydrogen) atoms. The molecule has 1 aromatic heterocycles. The van der Waals surface area contributed by atoms with Crippen molar-refractivity contribution in [2.75, 3.05) is 19.6 Å². The molecule has 3 heterocycles. The van der Waals surface area contributed by atoms with Gasteiger partial charge in [0.2, 0.25) is 11.8 Å². The minimum atomic E-state index is -0.197. The van der Waals surface area contributed by atoms with Crippen molar-refractivity contribution in [3.05, 3.63) is 63.3 Å². The first-order valence-electron chi connectivity index (χ1n) is 11.3. The van der Waals surface area contributed by atoms with Crippen LogP contribution in [-0.4, -0.2) is 51.2 Å². The molecule has 0 unspecified atom stereocenters. The quantitative estimate of drug-likeness (QED) is 0.822. The number of rotatable bonds is 4. The molecule has 162 valence electrons. The van der Waals surface area contributed by atoms with Crippen LogP contribution in [0.4, 0.5) is 0 Å². The van der Waals surface area contributed by atoms with E-state index in [2.05, 4.69) is 4.98 Å². The number of amides is 2. The molecule has 3 aliphatic rings. The van der Waals surface area contributed by atoms with Crippen LogP contribution < -0.4 is 5.56 Å². The number of carbonyl (C=O) groups excluding carboxylic acids is 2. The van der Waals surface area contributed by atoms with Crippen LogP contribution >= 0.6 is 0 Å². The maximum absolute atomic E-state index is 13.0. The fourth-order valence-electron chi connectivity index (χ4n) is 4.77. The lowest BCUT2D eigenvalue weighted by atomic mass is 10.00. The highest BCUT2D eigenvalue weighted by molar-refractivity contribution is 5.83. The highest BCUT2D eigenvalue weighted by Gasteiger charge is 2.36. The molecular weight excluding hydrogens is 392 g/mol. The van der Waals surface area contributed by atoms with E-state index >= 15 is 0 Å². The lowest BCUT2D eigenvalue weighted by Crippen LogP contribution is -2.40. The zero-order valence-electron chi connectivity index (χ0n) is 17.8. The van der Waals surface area contributed by atoms with Gasteiger partial charge in [-0.15, -0.1) is 0 Å². The summed E-state index contributed by atoms with van der Waals surface area (Å²) in [6.07, 6.45) is 3.28. The van der Waals surface area contributed by atoms with E-state index in [0.717, 1.165) is 30.5 Å². The third-order valence-corrected chi connectivity index (χ3v) is 6.89. The Labute approximate surface area is 181 Å². The van der Waals surface area contributed by atoms with Crippen molar-refractivity contribution in [1.29, 1.82) is 0 Å². The highest BCUT2D eigenvalue weighted by atomic mass is 16.2. The first-order chi connectivity index (χ1) is 15.0. The summed E-state index contributed by atoms with van der Waals surface area (Å²) in [5, 5.41) is 0. The van der Waals surface area contributed by atoms with Crippen molar-refractivity contribution in [2.24, 2.45) is 5.92 Å². The molecule has 7 nitrogen and oxygen atoms in total. The van der Waals surface area contributed by atoms with Gasteiger partial charge in [0.1, 0.15) is 5.82 Å². The number of H-pyrrole nitrogens is 1. The normalized spacial score (nSPS) is 21.6. The van der Waals surface area contributed by atoms with Gasteiger partial charge >= 0.3 is 0 Å². The Balaban J connectivity index is 1.31. The van der Waals surface area contributed by atoms with Crippen molar-refractivity contribution in [3.63, 3.8) is 0 Å². The Bertz CT molecular complexity index is 1060. The lowest BCUT2D eigenvalue weighted by molar-refractivity contribution is -0.133. The van der Waals surface area contributed by atoms with Gasteiger partial charge in [-0.3, -0.25) is 14.4 Å². The van der Waals surface area contributed by atoms with E-state index in [-0.39, 0.29) is 35.1 Å². The number of aromatic amines is 1. The smallest absolute Gasteiger partial charge is 0.254 e. The molecule has 1 aliphatic carbocycles. The number of carbonyl (C=O) groups is 2. The van der Waals surface area contributed by atoms with Crippen LogP contribution in [0.2, 0.25) is 0 Å². The van der Waals surface area contributed by atoms with Gasteiger partial charge < -0.3 is 14.8 Å². The minimum absolute atomic E-state index is 0.0134. The average Bonchev–Trinajstić information content (AvgIpc) is 3.53. The first-order valence-corrected chi connectivity index (χ1v) is 11.3. The van der Waals surface area contributed by atoms with E-state index < -0.39 is 0 Å². The third-order valence-electron chi connectivity index (χ3n) is 6.89. The molecule has 1 saturated heterocycles. The van der Waals surface area contributed by atoms with Crippen LogP contribution in [0.5, 0.6) is 0 Å². The Morgan fingerprint density at radius 2 is 1.87 bits per heavy atom. The summed E-state index contributed by atoms with van der Waals surface area (Å²) in [5.41, 5.74) is 2.34. The fourth-order valence-corrected chi connectivity index (χ4v) is 4.77. The van der Waals surface area contributed by atoms with Crippen molar-refractivity contribution >= 4 is 11.8 Å². The van der Waals surface area contributed by atoms with E-state index in [4.69, 9.17) is 4.98 Å². The van der Waals surface area contributed by atoms with Crippen molar-refractivity contribution in [1.82, 2.24) is 19.8 Å². The Morgan fingerprint density at radius 3 is 2.61 bits per heavy atom. The maximum Gasteiger partial charge on any atom is 0.254 e. The molecular formula is C24H28N4O3. The molecule has 0 spiro atoms. The number of nitrogens with zero attached hydrogens (tertiary/aromatic N) is 3. The molecule has 2 aliphatic heterocycles. The van der Waals surface area contributed by atoms with Crippen molar-refractivity contribution < 1.29 is 9.59 Å². The average molecular weight is 421 g/mol. The van der Waals surface area contributed by atoms with E-state index in [1.165, 1.54) is 0 Å². The van der Waals surface area contributed by atoms with E-state index in [1.54, 1.807) is 0 Å². The van der Waals surface area contributed by atoms with Crippen LogP contribution in [0, 0.1) is 5.92 Å². The highest BCUT2D eigenvalue weighted by Crippen LogP contribution is 2.33. The first kappa shape index (κ1) is 20.0. The Morgan fingerprint density at radius 1 is 1.10 bits per heavy atom. The summed E-state index contributed by atoms with van der Waals surface area (Å²) in [6.45, 7) is 4.17. The number of nitrogens with one attached hydrogen (secondary N) is 1. The van der Waals surface area contributed by atoms with E-state index in [0.29, 0.717) is 44.0 Å². The third kappa shape index (κ3) is 3.89. The summed E-state index contributed by atoms with van der Waals surface area (Å²) in [7, 11) is 0. The number of aromatic nitrogens is 2. The monoisotopic (exact) mass is 420 g/mol. The van der Waals surface area contributed by atoms with Gasteiger partial charge in [-0.25, -0.2) is 4.98 Å². The molecule has 1 saturated carbocycles. The van der Waals surface area contributed by atoms with Crippen LogP contribution in [0.15, 0.2) is 35.1 Å². The number of benzene rings is 1. The Hall–Kier alpha value is -2.96. The number of fused-ring (bicyclic) bond motifs is 1. The zero-order valence-corrected chi connectivity index (χ0v) is 17.8. The fraction of sp³-hybridized carbons (Fsp3) is 0.500. The second-order valence-corrected chi connectivity index (χ2v) is 9.06. The largest absolute Gasteiger partial charge is 0.341 e. The van der Waals surface area contributed by atoms with Crippen LogP contribution in [0.25, 0.3) is 0 Å². The van der Waals surface area contributed by atoms with Gasteiger partial charge in [-0.05, 0) is 38.2 Å².